The summed E-state index contributed by atoms with van der Waals surface area (Å²) in [5.41, 5.74) is 3.96. The van der Waals surface area contributed by atoms with Crippen LogP contribution in [0.15, 0.2) is 66.1 Å². The molecule has 0 aliphatic carbocycles. The number of amides is 2. The minimum absolute atomic E-state index is 0.0273. The molecule has 146 valence electrons. The first-order valence-corrected chi connectivity index (χ1v) is 10.3. The van der Waals surface area contributed by atoms with Crippen LogP contribution in [-0.2, 0) is 22.6 Å². The van der Waals surface area contributed by atoms with Crippen molar-refractivity contribution in [1.29, 1.82) is 0 Å². The first-order valence-electron chi connectivity index (χ1n) is 9.47. The second-order valence-electron chi connectivity index (χ2n) is 6.86. The van der Waals surface area contributed by atoms with Gasteiger partial charge < -0.3 is 4.90 Å². The van der Waals surface area contributed by atoms with Gasteiger partial charge in [-0.1, -0.05) is 42.5 Å². The van der Waals surface area contributed by atoms with Crippen molar-refractivity contribution >= 4 is 40.0 Å². The highest BCUT2D eigenvalue weighted by molar-refractivity contribution is 7.14. The van der Waals surface area contributed by atoms with Crippen molar-refractivity contribution in [3.05, 3.63) is 82.9 Å². The van der Waals surface area contributed by atoms with Gasteiger partial charge in [0.15, 0.2) is 5.13 Å². The average Bonchev–Trinajstić information content (AvgIpc) is 3.20. The predicted molar refractivity (Wildman–Crippen MR) is 116 cm³/mol. The Morgan fingerprint density at radius 3 is 2.55 bits per heavy atom. The van der Waals surface area contributed by atoms with Crippen molar-refractivity contribution in [3.8, 4) is 0 Å². The van der Waals surface area contributed by atoms with Crippen molar-refractivity contribution < 1.29 is 9.59 Å². The fourth-order valence-corrected chi connectivity index (χ4v) is 4.26. The molecule has 29 heavy (non-hydrogen) atoms. The topological polar surface area (TPSA) is 53.5 Å². The number of hydrogen-bond donors (Lipinski definition) is 0. The maximum Gasteiger partial charge on any atom is 0.246 e. The van der Waals surface area contributed by atoms with Gasteiger partial charge in [-0.15, -0.1) is 11.3 Å². The molecule has 0 spiro atoms. The van der Waals surface area contributed by atoms with Gasteiger partial charge in [-0.2, -0.15) is 0 Å². The molecule has 0 bridgehead atoms. The third kappa shape index (κ3) is 4.27. The minimum Gasteiger partial charge on any atom is -0.334 e. The minimum atomic E-state index is -0.107. The second kappa shape index (κ2) is 8.41. The van der Waals surface area contributed by atoms with Gasteiger partial charge in [-0.05, 0) is 35.8 Å². The van der Waals surface area contributed by atoms with Gasteiger partial charge >= 0.3 is 0 Å². The van der Waals surface area contributed by atoms with E-state index in [1.807, 2.05) is 52.7 Å². The van der Waals surface area contributed by atoms with E-state index in [9.17, 15) is 9.59 Å². The standard InChI is InChI=1S/C23H21N3O2S/c1-17(27)26(21-9-3-2-4-10-21)23-24-20(16-29-23)11-12-22(28)25-14-13-18-7-5-6-8-19(18)15-25/h2-12,16H,13-15H2,1H3/b12-11+. The quantitative estimate of drug-likeness (QED) is 0.606. The molecule has 4 rings (SSSR count). The number of aromatic nitrogens is 1. The molecule has 2 heterocycles. The number of thiazole rings is 1. The zero-order valence-electron chi connectivity index (χ0n) is 16.1. The van der Waals surface area contributed by atoms with Crippen LogP contribution >= 0.6 is 11.3 Å². The summed E-state index contributed by atoms with van der Waals surface area (Å²) in [5, 5.41) is 2.44. The molecule has 5 nitrogen and oxygen atoms in total. The monoisotopic (exact) mass is 403 g/mol. The zero-order valence-corrected chi connectivity index (χ0v) is 16.9. The van der Waals surface area contributed by atoms with Gasteiger partial charge in [0.05, 0.1) is 11.4 Å². The van der Waals surface area contributed by atoms with Crippen molar-refractivity contribution in [3.63, 3.8) is 0 Å². The fourth-order valence-electron chi connectivity index (χ4n) is 3.41. The van der Waals surface area contributed by atoms with E-state index in [1.165, 1.54) is 29.4 Å². The first kappa shape index (κ1) is 19.1. The summed E-state index contributed by atoms with van der Waals surface area (Å²) in [4.78, 5) is 32.7. The summed E-state index contributed by atoms with van der Waals surface area (Å²) >= 11 is 1.38. The largest absolute Gasteiger partial charge is 0.334 e. The molecule has 0 atom stereocenters. The van der Waals surface area contributed by atoms with Crippen LogP contribution in [0, 0.1) is 0 Å². The normalized spacial score (nSPS) is 13.3. The van der Waals surface area contributed by atoms with Crippen LogP contribution in [0.25, 0.3) is 6.08 Å². The number of nitrogens with zero attached hydrogens (tertiary/aromatic N) is 3. The molecular weight excluding hydrogens is 382 g/mol. The van der Waals surface area contributed by atoms with Crippen LogP contribution in [0.4, 0.5) is 10.8 Å². The molecular formula is C23H21N3O2S. The fraction of sp³-hybridized carbons (Fsp3) is 0.174. The Kier molecular flexibility index (Phi) is 5.53. The lowest BCUT2D eigenvalue weighted by Crippen LogP contribution is -2.34. The van der Waals surface area contributed by atoms with Gasteiger partial charge in [-0.3, -0.25) is 14.5 Å². The van der Waals surface area contributed by atoms with Crippen molar-refractivity contribution in [2.75, 3.05) is 11.4 Å². The summed E-state index contributed by atoms with van der Waals surface area (Å²) in [6, 6.07) is 17.7. The molecule has 6 heteroatoms. The van der Waals surface area contributed by atoms with Gasteiger partial charge in [0, 0.05) is 31.5 Å². The van der Waals surface area contributed by atoms with E-state index in [1.54, 1.807) is 17.1 Å². The third-order valence-corrected chi connectivity index (χ3v) is 5.71. The Hall–Kier alpha value is -3.25. The number of rotatable bonds is 4. The van der Waals surface area contributed by atoms with E-state index in [2.05, 4.69) is 17.1 Å². The summed E-state index contributed by atoms with van der Waals surface area (Å²) in [5.74, 6) is -0.135. The number of para-hydroxylation sites is 1. The molecule has 0 N–H and O–H groups in total. The number of benzene rings is 2. The maximum atomic E-state index is 12.6. The lowest BCUT2D eigenvalue weighted by Gasteiger charge is -2.27. The number of hydrogen-bond acceptors (Lipinski definition) is 4. The van der Waals surface area contributed by atoms with E-state index in [4.69, 9.17) is 0 Å². The molecule has 1 aliphatic heterocycles. The van der Waals surface area contributed by atoms with Crippen LogP contribution in [0.2, 0.25) is 0 Å². The highest BCUT2D eigenvalue weighted by Gasteiger charge is 2.19. The Balaban J connectivity index is 1.47. The Bertz CT molecular complexity index is 1060. The van der Waals surface area contributed by atoms with Crippen LogP contribution in [0.3, 0.4) is 0 Å². The number of fused-ring (bicyclic) bond motifs is 1. The number of carbonyl (C=O) groups excluding carboxylic acids is 2. The molecule has 2 amide bonds. The van der Waals surface area contributed by atoms with Gasteiger partial charge in [0.25, 0.3) is 0 Å². The number of carbonyl (C=O) groups is 2. The van der Waals surface area contributed by atoms with Crippen molar-refractivity contribution in [2.24, 2.45) is 0 Å². The Morgan fingerprint density at radius 1 is 1.07 bits per heavy atom. The van der Waals surface area contributed by atoms with Crippen LogP contribution in [0.5, 0.6) is 0 Å². The van der Waals surface area contributed by atoms with Crippen molar-refractivity contribution in [2.45, 2.75) is 19.9 Å². The van der Waals surface area contributed by atoms with Crippen LogP contribution in [0.1, 0.15) is 23.7 Å². The smallest absolute Gasteiger partial charge is 0.246 e. The summed E-state index contributed by atoms with van der Waals surface area (Å²) in [6.45, 7) is 2.87. The van der Waals surface area contributed by atoms with Gasteiger partial charge in [0.2, 0.25) is 11.8 Å². The van der Waals surface area contributed by atoms with Gasteiger partial charge in [-0.25, -0.2) is 4.98 Å². The molecule has 0 unspecified atom stereocenters. The highest BCUT2D eigenvalue weighted by atomic mass is 32.1. The van der Waals surface area contributed by atoms with Crippen LogP contribution in [-0.4, -0.2) is 28.2 Å². The van der Waals surface area contributed by atoms with Gasteiger partial charge in [0.1, 0.15) is 0 Å². The molecule has 0 saturated carbocycles. The van der Waals surface area contributed by atoms with E-state index in [0.717, 1.165) is 12.1 Å². The molecule has 3 aromatic rings. The Labute approximate surface area is 173 Å². The molecule has 1 aromatic heterocycles. The zero-order chi connectivity index (χ0) is 20.2. The van der Waals surface area contributed by atoms with E-state index >= 15 is 0 Å². The first-order chi connectivity index (χ1) is 14.1. The molecule has 0 saturated heterocycles. The second-order valence-corrected chi connectivity index (χ2v) is 7.69. The SMILES string of the molecule is CC(=O)N(c1ccccc1)c1nc(/C=C/C(=O)N2CCc3ccccc3C2)cs1. The lowest BCUT2D eigenvalue weighted by atomic mass is 10.00. The average molecular weight is 404 g/mol. The third-order valence-electron chi connectivity index (χ3n) is 4.87. The van der Waals surface area contributed by atoms with E-state index < -0.39 is 0 Å². The van der Waals surface area contributed by atoms with Crippen molar-refractivity contribution in [1.82, 2.24) is 9.88 Å². The molecule has 1 aliphatic rings. The number of anilines is 2. The molecule has 0 radical (unpaired) electrons. The lowest BCUT2D eigenvalue weighted by molar-refractivity contribution is -0.126. The van der Waals surface area contributed by atoms with Crippen LogP contribution < -0.4 is 4.90 Å². The molecule has 0 fully saturated rings. The predicted octanol–water partition coefficient (Wildman–Crippen LogP) is 4.43. The molecule has 2 aromatic carbocycles. The summed E-state index contributed by atoms with van der Waals surface area (Å²) < 4.78 is 0. The van der Waals surface area contributed by atoms with E-state index in [-0.39, 0.29) is 11.8 Å². The maximum absolute atomic E-state index is 12.6. The highest BCUT2D eigenvalue weighted by Crippen LogP contribution is 2.29. The summed E-state index contributed by atoms with van der Waals surface area (Å²) in [7, 11) is 0. The van der Waals surface area contributed by atoms with E-state index in [0.29, 0.717) is 23.9 Å². The Morgan fingerprint density at radius 2 is 1.79 bits per heavy atom. The summed E-state index contributed by atoms with van der Waals surface area (Å²) in [6.07, 6.45) is 4.15.